The Morgan fingerprint density at radius 1 is 1.35 bits per heavy atom. The summed E-state index contributed by atoms with van der Waals surface area (Å²) in [5.74, 6) is 0.301. The highest BCUT2D eigenvalue weighted by molar-refractivity contribution is 7.99. The van der Waals surface area contributed by atoms with E-state index in [1.807, 2.05) is 31.2 Å². The number of halogens is 1. The summed E-state index contributed by atoms with van der Waals surface area (Å²) in [6.45, 7) is 1.99. The Morgan fingerprint density at radius 3 is 2.70 bits per heavy atom. The van der Waals surface area contributed by atoms with Crippen LogP contribution < -0.4 is 11.5 Å². The molecular weight excluding hydrogens is 292 g/mol. The van der Waals surface area contributed by atoms with Crippen LogP contribution in [0.2, 0.25) is 5.02 Å². The largest absolute Gasteiger partial charge is 0.397 e. The maximum absolute atomic E-state index is 9.18. The molecule has 0 aliphatic rings. The van der Waals surface area contributed by atoms with Crippen LogP contribution in [-0.2, 0) is 0 Å². The molecule has 1 heterocycles. The highest BCUT2D eigenvalue weighted by Gasteiger charge is 2.16. The van der Waals surface area contributed by atoms with Gasteiger partial charge in [-0.05, 0) is 18.6 Å². The summed E-state index contributed by atoms with van der Waals surface area (Å²) in [4.78, 5) is 4.20. The van der Waals surface area contributed by atoms with E-state index < -0.39 is 0 Å². The number of hydrogen-bond acceptors (Lipinski definition) is 5. The van der Waals surface area contributed by atoms with Gasteiger partial charge in [0.05, 0.1) is 5.69 Å². The predicted octanol–water partition coefficient (Wildman–Crippen LogP) is 3.62. The summed E-state index contributed by atoms with van der Waals surface area (Å²) in [6, 6.07) is 11.1. The van der Waals surface area contributed by atoms with E-state index in [-0.39, 0.29) is 5.25 Å². The van der Waals surface area contributed by atoms with Gasteiger partial charge in [0.25, 0.3) is 0 Å². The molecule has 0 aliphatic carbocycles. The molecule has 0 spiro atoms. The van der Waals surface area contributed by atoms with Crippen molar-refractivity contribution in [3.05, 3.63) is 46.5 Å². The summed E-state index contributed by atoms with van der Waals surface area (Å²) < 4.78 is 0. The third-order valence-electron chi connectivity index (χ3n) is 2.78. The van der Waals surface area contributed by atoms with Gasteiger partial charge in [0.1, 0.15) is 22.5 Å². The van der Waals surface area contributed by atoms with Gasteiger partial charge in [0.2, 0.25) is 0 Å². The average Bonchev–Trinajstić information content (AvgIpc) is 2.38. The number of pyridine rings is 1. The minimum atomic E-state index is 0.0319. The molecule has 20 heavy (non-hydrogen) atoms. The monoisotopic (exact) mass is 304 g/mol. The van der Waals surface area contributed by atoms with Crippen molar-refractivity contribution in [2.24, 2.45) is 0 Å². The normalized spacial score (nSPS) is 11.8. The second-order valence-corrected chi connectivity index (χ2v) is 5.95. The SMILES string of the molecule is C[C@H](Sc1nc(N)cc(N)c1C#N)c1ccccc1Cl. The van der Waals surface area contributed by atoms with Crippen molar-refractivity contribution in [3.63, 3.8) is 0 Å². The molecule has 4 N–H and O–H groups in total. The first-order valence-electron chi connectivity index (χ1n) is 5.90. The number of rotatable bonds is 3. The van der Waals surface area contributed by atoms with Crippen molar-refractivity contribution in [1.82, 2.24) is 4.98 Å². The van der Waals surface area contributed by atoms with E-state index in [1.165, 1.54) is 17.8 Å². The highest BCUT2D eigenvalue weighted by atomic mass is 35.5. The molecule has 0 aliphatic heterocycles. The molecule has 6 heteroatoms. The van der Waals surface area contributed by atoms with E-state index in [0.29, 0.717) is 27.1 Å². The van der Waals surface area contributed by atoms with Crippen LogP contribution in [0.5, 0.6) is 0 Å². The van der Waals surface area contributed by atoms with Gasteiger partial charge in [-0.1, -0.05) is 41.6 Å². The van der Waals surface area contributed by atoms with Gasteiger partial charge < -0.3 is 11.5 Å². The fraction of sp³-hybridized carbons (Fsp3) is 0.143. The number of nitrogens with zero attached hydrogens (tertiary/aromatic N) is 2. The standard InChI is InChI=1S/C14H13ClN4S/c1-8(9-4-2-3-5-11(9)15)20-14-10(7-16)12(17)6-13(18)19-14/h2-6,8H,1H3,(H4,17,18,19)/t8-/m0/s1. The Labute approximate surface area is 126 Å². The molecule has 102 valence electrons. The van der Waals surface area contributed by atoms with Gasteiger partial charge in [-0.3, -0.25) is 0 Å². The van der Waals surface area contributed by atoms with Crippen LogP contribution in [0.4, 0.5) is 11.5 Å². The van der Waals surface area contributed by atoms with Gasteiger partial charge >= 0.3 is 0 Å². The third kappa shape index (κ3) is 2.98. The van der Waals surface area contributed by atoms with Crippen LogP contribution in [0.1, 0.15) is 23.3 Å². The number of nitrogens with two attached hydrogens (primary N) is 2. The topological polar surface area (TPSA) is 88.7 Å². The van der Waals surface area contributed by atoms with Crippen LogP contribution in [0, 0.1) is 11.3 Å². The zero-order valence-corrected chi connectivity index (χ0v) is 12.4. The maximum Gasteiger partial charge on any atom is 0.126 e. The first-order chi connectivity index (χ1) is 9.52. The Hall–Kier alpha value is -1.90. The molecule has 4 nitrogen and oxygen atoms in total. The van der Waals surface area contributed by atoms with E-state index in [4.69, 9.17) is 23.1 Å². The lowest BCUT2D eigenvalue weighted by molar-refractivity contribution is 1.06. The Morgan fingerprint density at radius 2 is 2.05 bits per heavy atom. The summed E-state index contributed by atoms with van der Waals surface area (Å²) >= 11 is 7.59. The Bertz CT molecular complexity index is 681. The molecule has 0 radical (unpaired) electrons. The lowest BCUT2D eigenvalue weighted by Gasteiger charge is -2.14. The minimum Gasteiger partial charge on any atom is -0.397 e. The van der Waals surface area contributed by atoms with Gasteiger partial charge in [-0.25, -0.2) is 4.98 Å². The van der Waals surface area contributed by atoms with Crippen LogP contribution in [0.3, 0.4) is 0 Å². The summed E-state index contributed by atoms with van der Waals surface area (Å²) in [5.41, 5.74) is 13.2. The number of thioether (sulfide) groups is 1. The molecule has 0 saturated carbocycles. The lowest BCUT2D eigenvalue weighted by atomic mass is 10.2. The van der Waals surface area contributed by atoms with Crippen LogP contribution in [0.15, 0.2) is 35.4 Å². The number of benzene rings is 1. The quantitative estimate of drug-likeness (QED) is 0.845. The fourth-order valence-electron chi connectivity index (χ4n) is 1.79. The van der Waals surface area contributed by atoms with Crippen molar-refractivity contribution in [2.75, 3.05) is 11.5 Å². The molecule has 1 aromatic carbocycles. The number of nitrogen functional groups attached to an aromatic ring is 2. The van der Waals surface area contributed by atoms with E-state index in [2.05, 4.69) is 11.1 Å². The van der Waals surface area contributed by atoms with Crippen LogP contribution >= 0.6 is 23.4 Å². The second kappa shape index (κ2) is 6.04. The molecule has 1 aromatic heterocycles. The zero-order valence-electron chi connectivity index (χ0n) is 10.8. The number of nitriles is 1. The number of anilines is 2. The van der Waals surface area contributed by atoms with Crippen LogP contribution in [-0.4, -0.2) is 4.98 Å². The molecular formula is C14H13ClN4S. The fourth-order valence-corrected chi connectivity index (χ4v) is 3.26. The van der Waals surface area contributed by atoms with Gasteiger partial charge in [0, 0.05) is 16.3 Å². The number of aromatic nitrogens is 1. The molecule has 0 unspecified atom stereocenters. The first-order valence-corrected chi connectivity index (χ1v) is 7.16. The number of hydrogen-bond donors (Lipinski definition) is 2. The molecule has 0 amide bonds. The Kier molecular flexibility index (Phi) is 4.38. The van der Waals surface area contributed by atoms with Crippen molar-refractivity contribution in [3.8, 4) is 6.07 Å². The predicted molar refractivity (Wildman–Crippen MR) is 83.5 cm³/mol. The molecule has 0 fully saturated rings. The van der Waals surface area contributed by atoms with Crippen molar-refractivity contribution in [2.45, 2.75) is 17.2 Å². The lowest BCUT2D eigenvalue weighted by Crippen LogP contribution is -2.01. The van der Waals surface area contributed by atoms with Crippen LogP contribution in [0.25, 0.3) is 0 Å². The molecule has 0 bridgehead atoms. The highest BCUT2D eigenvalue weighted by Crippen LogP contribution is 2.39. The van der Waals surface area contributed by atoms with E-state index in [0.717, 1.165) is 5.56 Å². The van der Waals surface area contributed by atoms with Crippen molar-refractivity contribution < 1.29 is 0 Å². The van der Waals surface area contributed by atoms with E-state index >= 15 is 0 Å². The smallest absolute Gasteiger partial charge is 0.126 e. The van der Waals surface area contributed by atoms with Gasteiger partial charge in [-0.15, -0.1) is 0 Å². The molecule has 1 atom stereocenters. The van der Waals surface area contributed by atoms with Gasteiger partial charge in [0.15, 0.2) is 0 Å². The van der Waals surface area contributed by atoms with E-state index in [9.17, 15) is 5.26 Å². The summed E-state index contributed by atoms with van der Waals surface area (Å²) in [5, 5.41) is 10.4. The first kappa shape index (κ1) is 14.5. The third-order valence-corrected chi connectivity index (χ3v) is 4.25. The summed E-state index contributed by atoms with van der Waals surface area (Å²) in [6.07, 6.45) is 0. The van der Waals surface area contributed by atoms with Crippen molar-refractivity contribution >= 4 is 34.9 Å². The second-order valence-electron chi connectivity index (χ2n) is 4.21. The minimum absolute atomic E-state index is 0.0319. The Balaban J connectivity index is 2.36. The van der Waals surface area contributed by atoms with E-state index in [1.54, 1.807) is 0 Å². The molecule has 2 aromatic rings. The van der Waals surface area contributed by atoms with Crippen molar-refractivity contribution in [1.29, 1.82) is 5.26 Å². The maximum atomic E-state index is 9.18. The summed E-state index contributed by atoms with van der Waals surface area (Å²) in [7, 11) is 0. The zero-order chi connectivity index (χ0) is 14.7. The van der Waals surface area contributed by atoms with Gasteiger partial charge in [-0.2, -0.15) is 5.26 Å². The average molecular weight is 305 g/mol. The molecule has 2 rings (SSSR count). The molecule has 0 saturated heterocycles.